The van der Waals surface area contributed by atoms with Crippen LogP contribution in [0.3, 0.4) is 0 Å². The molecule has 29 heavy (non-hydrogen) atoms. The molecule has 0 amide bonds. The lowest BCUT2D eigenvalue weighted by Gasteiger charge is -2.15. The lowest BCUT2D eigenvalue weighted by Crippen LogP contribution is -2.25. The number of carbonyl (C=O) groups excluding carboxylic acids is 2. The van der Waals surface area contributed by atoms with Gasteiger partial charge in [0.25, 0.3) is 0 Å². The third-order valence-corrected chi connectivity index (χ3v) is 5.57. The number of aryl methyl sites for hydroxylation is 2. The number of benzene rings is 2. The number of nitrogens with zero attached hydrogens (tertiary/aromatic N) is 2. The molecule has 2 aromatic carbocycles. The minimum absolute atomic E-state index is 0.191. The molecule has 5 nitrogen and oxygen atoms in total. The van der Waals surface area contributed by atoms with Crippen LogP contribution in [-0.2, 0) is 7.05 Å². The first-order valence-electron chi connectivity index (χ1n) is 9.01. The molecule has 1 heterocycles. The van der Waals surface area contributed by atoms with Crippen LogP contribution in [0.25, 0.3) is 0 Å². The van der Waals surface area contributed by atoms with Crippen molar-refractivity contribution in [3.05, 3.63) is 80.5 Å². The quantitative estimate of drug-likeness (QED) is 0.502. The molecule has 1 atom stereocenters. The molecule has 0 saturated heterocycles. The highest BCUT2D eigenvalue weighted by molar-refractivity contribution is 6.38. The van der Waals surface area contributed by atoms with Crippen molar-refractivity contribution in [3.63, 3.8) is 0 Å². The second kappa shape index (κ2) is 8.39. The lowest BCUT2D eigenvalue weighted by molar-refractivity contribution is 0.0798. The molecule has 0 fully saturated rings. The van der Waals surface area contributed by atoms with Crippen LogP contribution in [-0.4, -0.2) is 27.5 Å². The maximum absolute atomic E-state index is 13.3. The van der Waals surface area contributed by atoms with Crippen molar-refractivity contribution in [3.8, 4) is 5.88 Å². The van der Waals surface area contributed by atoms with E-state index < -0.39 is 6.10 Å². The minimum atomic E-state index is -0.804. The molecule has 3 rings (SSSR count). The molecule has 0 aliphatic heterocycles. The summed E-state index contributed by atoms with van der Waals surface area (Å²) in [6.07, 6.45) is -0.804. The van der Waals surface area contributed by atoms with Gasteiger partial charge in [-0.1, -0.05) is 53.5 Å². The van der Waals surface area contributed by atoms with Gasteiger partial charge in [-0.3, -0.25) is 9.59 Å². The van der Waals surface area contributed by atoms with Gasteiger partial charge in [0.15, 0.2) is 6.10 Å². The maximum Gasteiger partial charge on any atom is 0.224 e. The Bertz CT molecular complexity index is 1090. The smallest absolute Gasteiger partial charge is 0.224 e. The topological polar surface area (TPSA) is 61.2 Å². The molecule has 0 N–H and O–H groups in total. The molecule has 0 aliphatic rings. The molecule has 1 aromatic heterocycles. The van der Waals surface area contributed by atoms with Gasteiger partial charge < -0.3 is 4.74 Å². The Hall–Kier alpha value is -2.63. The average Bonchev–Trinajstić information content (AvgIpc) is 2.98. The fraction of sp³-hybridized carbons (Fsp3) is 0.227. The fourth-order valence-corrected chi connectivity index (χ4v) is 3.52. The highest BCUT2D eigenvalue weighted by atomic mass is 35.5. The number of ether oxygens (including phenoxy) is 1. The second-order valence-electron chi connectivity index (χ2n) is 6.74. The number of aromatic nitrogens is 2. The zero-order valence-electron chi connectivity index (χ0n) is 16.5. The molecular formula is C22H20Cl2N2O3. The van der Waals surface area contributed by atoms with E-state index in [2.05, 4.69) is 5.10 Å². The molecule has 0 bridgehead atoms. The Morgan fingerprint density at radius 3 is 2.38 bits per heavy atom. The molecule has 1 unspecified atom stereocenters. The Morgan fingerprint density at radius 1 is 1.07 bits per heavy atom. The van der Waals surface area contributed by atoms with Gasteiger partial charge in [0, 0.05) is 23.2 Å². The van der Waals surface area contributed by atoms with Crippen LogP contribution in [0, 0.1) is 13.8 Å². The van der Waals surface area contributed by atoms with Gasteiger partial charge in [0.1, 0.15) is 5.56 Å². The van der Waals surface area contributed by atoms with Crippen LogP contribution in [0.4, 0.5) is 0 Å². The van der Waals surface area contributed by atoms with Gasteiger partial charge in [-0.05, 0) is 38.5 Å². The zero-order valence-corrected chi connectivity index (χ0v) is 18.0. The first-order chi connectivity index (χ1) is 13.7. The van der Waals surface area contributed by atoms with Crippen molar-refractivity contribution in [2.24, 2.45) is 7.05 Å². The van der Waals surface area contributed by atoms with Crippen LogP contribution in [0.5, 0.6) is 5.88 Å². The van der Waals surface area contributed by atoms with Crippen LogP contribution >= 0.6 is 23.2 Å². The predicted molar refractivity (Wildman–Crippen MR) is 113 cm³/mol. The molecule has 0 spiro atoms. The van der Waals surface area contributed by atoms with E-state index in [0.717, 1.165) is 0 Å². The number of halogens is 2. The third kappa shape index (κ3) is 4.07. The second-order valence-corrected chi connectivity index (χ2v) is 7.53. The van der Waals surface area contributed by atoms with E-state index in [1.807, 2.05) is 6.07 Å². The minimum Gasteiger partial charge on any atom is -0.466 e. The van der Waals surface area contributed by atoms with Crippen LogP contribution in [0.2, 0.25) is 10.0 Å². The van der Waals surface area contributed by atoms with Crippen molar-refractivity contribution in [1.29, 1.82) is 0 Å². The first kappa shape index (κ1) is 21.1. The summed E-state index contributed by atoms with van der Waals surface area (Å²) >= 11 is 12.5. The predicted octanol–water partition coefficient (Wildman–Crippen LogP) is 5.22. The summed E-state index contributed by atoms with van der Waals surface area (Å²) in [5, 5.41) is 5.06. The van der Waals surface area contributed by atoms with E-state index in [1.54, 1.807) is 64.2 Å². The van der Waals surface area contributed by atoms with Gasteiger partial charge in [0.2, 0.25) is 17.4 Å². The molecule has 0 aliphatic carbocycles. The normalized spacial score (nSPS) is 11.9. The zero-order chi connectivity index (χ0) is 21.3. The first-order valence-corrected chi connectivity index (χ1v) is 9.76. The van der Waals surface area contributed by atoms with Crippen molar-refractivity contribution >= 4 is 34.8 Å². The lowest BCUT2D eigenvalue weighted by atomic mass is 10.0. The maximum atomic E-state index is 13.3. The Labute approximate surface area is 179 Å². The van der Waals surface area contributed by atoms with E-state index in [4.69, 9.17) is 27.9 Å². The fourth-order valence-electron chi connectivity index (χ4n) is 3.06. The van der Waals surface area contributed by atoms with E-state index in [9.17, 15) is 9.59 Å². The van der Waals surface area contributed by atoms with Crippen molar-refractivity contribution in [1.82, 2.24) is 9.78 Å². The number of Topliss-reactive ketones (excluding diaryl/α,β-unsaturated/α-hetero) is 1. The van der Waals surface area contributed by atoms with E-state index in [1.165, 1.54) is 4.68 Å². The number of hydrogen-bond acceptors (Lipinski definition) is 4. The van der Waals surface area contributed by atoms with Crippen LogP contribution in [0.15, 0.2) is 42.5 Å². The Morgan fingerprint density at radius 2 is 1.72 bits per heavy atom. The van der Waals surface area contributed by atoms with Gasteiger partial charge in [-0.15, -0.1) is 0 Å². The van der Waals surface area contributed by atoms with E-state index in [0.29, 0.717) is 27.4 Å². The largest absolute Gasteiger partial charge is 0.466 e. The summed E-state index contributed by atoms with van der Waals surface area (Å²) < 4.78 is 7.36. The van der Waals surface area contributed by atoms with Crippen LogP contribution < -0.4 is 4.74 Å². The van der Waals surface area contributed by atoms with E-state index >= 15 is 0 Å². The molecule has 7 heteroatoms. The molecule has 0 saturated carbocycles. The third-order valence-electron chi connectivity index (χ3n) is 4.68. The molecule has 3 aromatic rings. The van der Waals surface area contributed by atoms with Crippen molar-refractivity contribution < 1.29 is 14.3 Å². The average molecular weight is 431 g/mol. The summed E-state index contributed by atoms with van der Waals surface area (Å²) in [4.78, 5) is 25.9. The number of carbonyl (C=O) groups is 2. The van der Waals surface area contributed by atoms with Gasteiger partial charge in [0.05, 0.1) is 10.7 Å². The van der Waals surface area contributed by atoms with Gasteiger partial charge >= 0.3 is 0 Å². The number of hydrogen-bond donors (Lipinski definition) is 0. The summed E-state index contributed by atoms with van der Waals surface area (Å²) in [7, 11) is 1.66. The van der Waals surface area contributed by atoms with Crippen LogP contribution in [0.1, 0.15) is 44.5 Å². The molecular weight excluding hydrogens is 411 g/mol. The monoisotopic (exact) mass is 430 g/mol. The van der Waals surface area contributed by atoms with E-state index in [-0.39, 0.29) is 28.0 Å². The van der Waals surface area contributed by atoms with Crippen molar-refractivity contribution in [2.75, 3.05) is 0 Å². The Balaban J connectivity index is 1.97. The van der Waals surface area contributed by atoms with Crippen molar-refractivity contribution in [2.45, 2.75) is 26.9 Å². The highest BCUT2D eigenvalue weighted by Gasteiger charge is 2.28. The summed E-state index contributed by atoms with van der Waals surface area (Å²) in [5.74, 6) is -0.314. The summed E-state index contributed by atoms with van der Waals surface area (Å²) in [5.41, 5.74) is 2.20. The molecule has 150 valence electrons. The summed E-state index contributed by atoms with van der Waals surface area (Å²) in [6, 6.07) is 12.1. The SMILES string of the molecule is Cc1nn(C)c(OC(C)C(=O)c2ccccc2)c1C(=O)c1ccc(Cl)c(C)c1Cl. The van der Waals surface area contributed by atoms with Gasteiger partial charge in [-0.2, -0.15) is 5.10 Å². The Kier molecular flexibility index (Phi) is 6.10. The number of ketones is 2. The van der Waals surface area contributed by atoms with Gasteiger partial charge in [-0.25, -0.2) is 4.68 Å². The number of rotatable bonds is 6. The summed E-state index contributed by atoms with van der Waals surface area (Å²) in [6.45, 7) is 5.10. The molecule has 0 radical (unpaired) electrons. The highest BCUT2D eigenvalue weighted by Crippen LogP contribution is 2.32. The standard InChI is InChI=1S/C22H20Cl2N2O3/c1-12-17(23)11-10-16(19(12)24)21(28)18-13(2)25-26(4)22(18)29-14(3)20(27)15-8-6-5-7-9-15/h5-11,14H,1-4H3.